The van der Waals surface area contributed by atoms with Gasteiger partial charge >= 0.3 is 0 Å². The average molecular weight is 324 g/mol. The van der Waals surface area contributed by atoms with E-state index >= 15 is 0 Å². The van der Waals surface area contributed by atoms with Gasteiger partial charge in [0.1, 0.15) is 11.6 Å². The largest absolute Gasteiger partial charge is 0.508 e. The Morgan fingerprint density at radius 2 is 2.05 bits per heavy atom. The van der Waals surface area contributed by atoms with E-state index in [1.54, 1.807) is 25.1 Å². The van der Waals surface area contributed by atoms with Crippen molar-refractivity contribution in [3.05, 3.63) is 57.8 Å². The fourth-order valence-corrected chi connectivity index (χ4v) is 1.99. The van der Waals surface area contributed by atoms with Crippen LogP contribution in [0.15, 0.2) is 40.9 Å². The zero-order valence-electron chi connectivity index (χ0n) is 10.1. The molecule has 98 valence electrons. The van der Waals surface area contributed by atoms with Gasteiger partial charge in [-0.2, -0.15) is 0 Å². The minimum atomic E-state index is -0.529. The van der Waals surface area contributed by atoms with Gasteiger partial charge in [-0.3, -0.25) is 4.79 Å². The molecule has 3 nitrogen and oxygen atoms in total. The van der Waals surface area contributed by atoms with Crippen LogP contribution in [-0.4, -0.2) is 11.0 Å². The van der Waals surface area contributed by atoms with E-state index in [0.717, 1.165) is 0 Å². The molecule has 0 atom stereocenters. The number of aromatic hydroxyl groups is 1. The number of benzene rings is 2. The highest BCUT2D eigenvalue weighted by molar-refractivity contribution is 9.10. The number of carbonyl (C=O) groups is 1. The van der Waals surface area contributed by atoms with Crippen molar-refractivity contribution in [2.45, 2.75) is 6.92 Å². The monoisotopic (exact) mass is 323 g/mol. The summed E-state index contributed by atoms with van der Waals surface area (Å²) in [4.78, 5) is 12.0. The van der Waals surface area contributed by atoms with Crippen molar-refractivity contribution in [3.8, 4) is 5.75 Å². The lowest BCUT2D eigenvalue weighted by Gasteiger charge is -2.09. The second-order valence-corrected chi connectivity index (χ2v) is 4.91. The minimum Gasteiger partial charge on any atom is -0.508 e. The summed E-state index contributed by atoms with van der Waals surface area (Å²) in [6.45, 7) is 1.73. The van der Waals surface area contributed by atoms with Crippen molar-refractivity contribution in [3.63, 3.8) is 0 Å². The van der Waals surface area contributed by atoms with Crippen LogP contribution >= 0.6 is 15.9 Å². The first-order valence-corrected chi connectivity index (χ1v) is 6.33. The van der Waals surface area contributed by atoms with Crippen LogP contribution in [-0.2, 0) is 0 Å². The van der Waals surface area contributed by atoms with Crippen LogP contribution in [0.5, 0.6) is 5.75 Å². The summed E-state index contributed by atoms with van der Waals surface area (Å²) in [5.74, 6) is -0.986. The lowest BCUT2D eigenvalue weighted by molar-refractivity contribution is 0.102. The van der Waals surface area contributed by atoms with E-state index < -0.39 is 11.7 Å². The van der Waals surface area contributed by atoms with Gasteiger partial charge in [-0.1, -0.05) is 12.1 Å². The molecule has 0 aromatic heterocycles. The Bertz CT molecular complexity index is 623. The number of aryl methyl sites for hydroxylation is 1. The fraction of sp³-hybridized carbons (Fsp3) is 0.0714. The van der Waals surface area contributed by atoms with Crippen molar-refractivity contribution in [2.24, 2.45) is 0 Å². The number of nitrogens with one attached hydrogen (secondary N) is 1. The van der Waals surface area contributed by atoms with Crippen LogP contribution in [0, 0.1) is 12.7 Å². The van der Waals surface area contributed by atoms with Gasteiger partial charge in [-0.15, -0.1) is 0 Å². The third-order valence-electron chi connectivity index (χ3n) is 2.67. The number of phenolic OH excluding ortho intramolecular Hbond substituents is 1. The Morgan fingerprint density at radius 1 is 1.32 bits per heavy atom. The molecule has 0 fully saturated rings. The molecule has 0 bridgehead atoms. The van der Waals surface area contributed by atoms with E-state index in [1.165, 1.54) is 18.2 Å². The Labute approximate surface area is 118 Å². The van der Waals surface area contributed by atoms with E-state index in [2.05, 4.69) is 21.2 Å². The third-order valence-corrected chi connectivity index (χ3v) is 3.33. The number of anilines is 1. The summed E-state index contributed by atoms with van der Waals surface area (Å²) in [7, 11) is 0. The van der Waals surface area contributed by atoms with E-state index in [9.17, 15) is 14.3 Å². The molecule has 0 radical (unpaired) electrons. The molecule has 0 aliphatic carbocycles. The molecular weight excluding hydrogens is 313 g/mol. The molecule has 0 saturated carbocycles. The van der Waals surface area contributed by atoms with Crippen molar-refractivity contribution in [1.29, 1.82) is 0 Å². The number of halogens is 2. The van der Waals surface area contributed by atoms with Gasteiger partial charge in [-0.25, -0.2) is 4.39 Å². The van der Waals surface area contributed by atoms with Crippen molar-refractivity contribution in [2.75, 3.05) is 5.32 Å². The summed E-state index contributed by atoms with van der Waals surface area (Å²) in [6.07, 6.45) is 0. The molecule has 1 amide bonds. The van der Waals surface area contributed by atoms with E-state index in [-0.39, 0.29) is 17.0 Å². The molecule has 0 spiro atoms. The number of para-hydroxylation sites is 1. The van der Waals surface area contributed by atoms with Crippen LogP contribution in [0.3, 0.4) is 0 Å². The highest BCUT2D eigenvalue weighted by Crippen LogP contribution is 2.26. The normalized spacial score (nSPS) is 10.3. The predicted molar refractivity (Wildman–Crippen MR) is 74.9 cm³/mol. The smallest absolute Gasteiger partial charge is 0.255 e. The van der Waals surface area contributed by atoms with Crippen LogP contribution < -0.4 is 5.32 Å². The first-order valence-electron chi connectivity index (χ1n) is 5.54. The van der Waals surface area contributed by atoms with Gasteiger partial charge in [-0.05, 0) is 52.7 Å². The molecule has 2 aromatic carbocycles. The maximum absolute atomic E-state index is 13.6. The van der Waals surface area contributed by atoms with Gasteiger partial charge in [0.25, 0.3) is 5.91 Å². The van der Waals surface area contributed by atoms with Gasteiger partial charge in [0.05, 0.1) is 5.69 Å². The molecule has 0 aliphatic rings. The number of amides is 1. The second kappa shape index (κ2) is 5.40. The molecule has 5 heteroatoms. The van der Waals surface area contributed by atoms with Gasteiger partial charge in [0.15, 0.2) is 0 Å². The summed E-state index contributed by atoms with van der Waals surface area (Å²) in [5, 5.41) is 12.0. The lowest BCUT2D eigenvalue weighted by Crippen LogP contribution is -2.13. The number of phenols is 1. The molecule has 2 aromatic rings. The van der Waals surface area contributed by atoms with E-state index in [4.69, 9.17) is 0 Å². The number of hydrogen-bond donors (Lipinski definition) is 2. The first kappa shape index (κ1) is 13.5. The summed E-state index contributed by atoms with van der Waals surface area (Å²) in [5.41, 5.74) is 1.01. The maximum Gasteiger partial charge on any atom is 0.255 e. The van der Waals surface area contributed by atoms with E-state index in [0.29, 0.717) is 10.0 Å². The molecule has 2 rings (SSSR count). The van der Waals surface area contributed by atoms with Crippen LogP contribution in [0.25, 0.3) is 0 Å². The highest BCUT2D eigenvalue weighted by Gasteiger charge is 2.12. The SMILES string of the molecule is Cc1ccc(C(=O)Nc2c(F)cccc2Br)cc1O. The maximum atomic E-state index is 13.6. The molecule has 0 unspecified atom stereocenters. The van der Waals surface area contributed by atoms with Crippen LogP contribution in [0.1, 0.15) is 15.9 Å². The number of rotatable bonds is 2. The Hall–Kier alpha value is -1.88. The topological polar surface area (TPSA) is 49.3 Å². The standard InChI is InChI=1S/C14H11BrFNO2/c1-8-5-6-9(7-12(8)18)14(19)17-13-10(15)3-2-4-11(13)16/h2-7,18H,1H3,(H,17,19). The molecule has 19 heavy (non-hydrogen) atoms. The lowest BCUT2D eigenvalue weighted by atomic mass is 10.1. The van der Waals surface area contributed by atoms with Gasteiger partial charge < -0.3 is 10.4 Å². The van der Waals surface area contributed by atoms with Crippen molar-refractivity contribution < 1.29 is 14.3 Å². The summed E-state index contributed by atoms with van der Waals surface area (Å²) >= 11 is 3.17. The average Bonchev–Trinajstić information content (AvgIpc) is 2.37. The van der Waals surface area contributed by atoms with Gasteiger partial charge in [0.2, 0.25) is 0 Å². The fourth-order valence-electron chi connectivity index (χ4n) is 1.55. The Morgan fingerprint density at radius 3 is 2.68 bits per heavy atom. The Balaban J connectivity index is 2.28. The zero-order chi connectivity index (χ0) is 14.0. The second-order valence-electron chi connectivity index (χ2n) is 4.05. The molecule has 0 heterocycles. The third kappa shape index (κ3) is 2.93. The Kier molecular flexibility index (Phi) is 3.85. The molecule has 0 aliphatic heterocycles. The predicted octanol–water partition coefficient (Wildman–Crippen LogP) is 3.85. The number of hydrogen-bond acceptors (Lipinski definition) is 2. The van der Waals surface area contributed by atoms with Crippen LogP contribution in [0.2, 0.25) is 0 Å². The van der Waals surface area contributed by atoms with Crippen molar-refractivity contribution in [1.82, 2.24) is 0 Å². The zero-order valence-corrected chi connectivity index (χ0v) is 11.7. The van der Waals surface area contributed by atoms with E-state index in [1.807, 2.05) is 0 Å². The molecule has 0 saturated heterocycles. The highest BCUT2D eigenvalue weighted by atomic mass is 79.9. The first-order chi connectivity index (χ1) is 8.99. The number of carbonyl (C=O) groups excluding carboxylic acids is 1. The van der Waals surface area contributed by atoms with Gasteiger partial charge in [0, 0.05) is 10.0 Å². The summed E-state index contributed by atoms with van der Waals surface area (Å²) < 4.78 is 14.0. The summed E-state index contributed by atoms with van der Waals surface area (Å²) in [6, 6.07) is 8.96. The molecule has 2 N–H and O–H groups in total. The molecular formula is C14H11BrFNO2. The van der Waals surface area contributed by atoms with Crippen LogP contribution in [0.4, 0.5) is 10.1 Å². The minimum absolute atomic E-state index is 0.0280. The van der Waals surface area contributed by atoms with Crippen molar-refractivity contribution >= 4 is 27.5 Å². The quantitative estimate of drug-likeness (QED) is 0.881.